The van der Waals surface area contributed by atoms with Crippen molar-refractivity contribution >= 4 is 63.4 Å². The van der Waals surface area contributed by atoms with E-state index in [1.807, 2.05) is 12.1 Å². The number of benzene rings is 3. The average molecular weight is 522 g/mol. The third kappa shape index (κ3) is 7.06. The number of carbonyl (C=O) groups excluding carboxylic acids is 1. The molecule has 180 valence electrons. The van der Waals surface area contributed by atoms with E-state index in [1.54, 1.807) is 18.0 Å². The third-order valence-electron chi connectivity index (χ3n) is 5.37. The van der Waals surface area contributed by atoms with Gasteiger partial charge in [-0.1, -0.05) is 89.5 Å². The monoisotopic (exact) mass is 521 g/mol. The van der Waals surface area contributed by atoms with Crippen LogP contribution in [0.25, 0.3) is 10.8 Å². The van der Waals surface area contributed by atoms with Crippen molar-refractivity contribution in [1.29, 1.82) is 0 Å². The largest absolute Gasteiger partial charge is 0.372 e. The molecule has 9 heteroatoms. The molecule has 4 aromatic rings. The molecule has 4 rings (SSSR count). The number of amides is 1. The molecule has 1 heterocycles. The lowest BCUT2D eigenvalue weighted by Gasteiger charge is -2.20. The molecule has 1 amide bonds. The van der Waals surface area contributed by atoms with E-state index in [-0.39, 0.29) is 11.7 Å². The van der Waals surface area contributed by atoms with Crippen molar-refractivity contribution in [2.45, 2.75) is 28.3 Å². The predicted molar refractivity (Wildman–Crippen MR) is 150 cm³/mol. The maximum atomic E-state index is 12.2. The second-order valence-electron chi connectivity index (χ2n) is 7.61. The average Bonchev–Trinajstić information content (AvgIpc) is 3.36. The quantitative estimate of drug-likeness (QED) is 0.147. The van der Waals surface area contributed by atoms with Crippen molar-refractivity contribution in [3.8, 4) is 0 Å². The number of carbonyl (C=O) groups is 1. The van der Waals surface area contributed by atoms with Gasteiger partial charge in [0.2, 0.25) is 0 Å². The molecule has 0 aliphatic rings. The Kier molecular flexibility index (Phi) is 9.16. The molecule has 0 atom stereocenters. The van der Waals surface area contributed by atoms with Gasteiger partial charge in [-0.3, -0.25) is 4.79 Å². The number of hydrazone groups is 1. The topological polar surface area (TPSA) is 70.5 Å². The van der Waals surface area contributed by atoms with E-state index in [2.05, 4.69) is 94.1 Å². The number of nitrogens with one attached hydrogen (secondary N) is 1. The van der Waals surface area contributed by atoms with Gasteiger partial charge >= 0.3 is 0 Å². The van der Waals surface area contributed by atoms with Crippen LogP contribution in [0.3, 0.4) is 0 Å². The van der Waals surface area contributed by atoms with Gasteiger partial charge in [0.1, 0.15) is 0 Å². The molecule has 0 fully saturated rings. The molecular formula is C26H27N5OS3. The number of hydrogen-bond donors (Lipinski definition) is 1. The minimum absolute atomic E-state index is 0.175. The lowest BCUT2D eigenvalue weighted by atomic mass is 10.1. The molecule has 0 aliphatic heterocycles. The molecule has 0 bridgehead atoms. The molecule has 3 aromatic carbocycles. The molecule has 0 saturated heterocycles. The summed E-state index contributed by atoms with van der Waals surface area (Å²) in [4.78, 5) is 14.4. The summed E-state index contributed by atoms with van der Waals surface area (Å²) in [5.74, 6) is 0.887. The summed E-state index contributed by atoms with van der Waals surface area (Å²) in [7, 11) is 0. The number of thioether (sulfide) groups is 2. The second-order valence-corrected chi connectivity index (χ2v) is 11.0. The van der Waals surface area contributed by atoms with E-state index < -0.39 is 0 Å². The van der Waals surface area contributed by atoms with Crippen molar-refractivity contribution in [3.05, 3.63) is 77.9 Å². The van der Waals surface area contributed by atoms with Gasteiger partial charge in [-0.05, 0) is 47.9 Å². The summed E-state index contributed by atoms with van der Waals surface area (Å²) in [6.45, 7) is 6.22. The van der Waals surface area contributed by atoms with Crippen molar-refractivity contribution in [2.75, 3.05) is 23.7 Å². The van der Waals surface area contributed by atoms with Crippen LogP contribution < -0.4 is 10.3 Å². The Morgan fingerprint density at radius 2 is 1.69 bits per heavy atom. The zero-order valence-electron chi connectivity index (χ0n) is 19.7. The summed E-state index contributed by atoms with van der Waals surface area (Å²) in [5.41, 5.74) is 5.97. The SMILES string of the molecule is CCN(CC)c1ccc(/C=N\NC(=O)CSc2nnc(SCc3cccc4ccccc34)s2)cc1. The Bertz CT molecular complexity index is 1280. The molecule has 1 N–H and O–H groups in total. The Morgan fingerprint density at radius 3 is 2.46 bits per heavy atom. The fourth-order valence-electron chi connectivity index (χ4n) is 3.57. The molecular weight excluding hydrogens is 495 g/mol. The first kappa shape index (κ1) is 25.2. The fourth-order valence-corrected chi connectivity index (χ4v) is 6.39. The zero-order chi connectivity index (χ0) is 24.5. The van der Waals surface area contributed by atoms with Gasteiger partial charge in [0.15, 0.2) is 8.68 Å². The van der Waals surface area contributed by atoms with Crippen molar-refractivity contribution in [2.24, 2.45) is 5.10 Å². The number of aromatic nitrogens is 2. The van der Waals surface area contributed by atoms with Crippen LogP contribution in [0.2, 0.25) is 0 Å². The number of fused-ring (bicyclic) bond motifs is 1. The van der Waals surface area contributed by atoms with E-state index in [0.717, 1.165) is 33.1 Å². The summed E-state index contributed by atoms with van der Waals surface area (Å²) in [6.07, 6.45) is 1.65. The molecule has 0 unspecified atom stereocenters. The maximum Gasteiger partial charge on any atom is 0.250 e. The first-order valence-electron chi connectivity index (χ1n) is 11.4. The summed E-state index contributed by atoms with van der Waals surface area (Å²) < 4.78 is 1.67. The van der Waals surface area contributed by atoms with Crippen LogP contribution in [0.4, 0.5) is 5.69 Å². The Labute approximate surface area is 218 Å². The molecule has 0 saturated carbocycles. The van der Waals surface area contributed by atoms with E-state index in [4.69, 9.17) is 0 Å². The lowest BCUT2D eigenvalue weighted by Crippen LogP contribution is -2.21. The van der Waals surface area contributed by atoms with Gasteiger partial charge in [-0.15, -0.1) is 10.2 Å². The lowest BCUT2D eigenvalue weighted by molar-refractivity contribution is -0.118. The number of nitrogens with zero attached hydrogens (tertiary/aromatic N) is 4. The van der Waals surface area contributed by atoms with Gasteiger partial charge in [0.05, 0.1) is 12.0 Å². The highest BCUT2D eigenvalue weighted by Gasteiger charge is 2.09. The zero-order valence-corrected chi connectivity index (χ0v) is 22.1. The van der Waals surface area contributed by atoms with Gasteiger partial charge in [0, 0.05) is 24.5 Å². The molecule has 1 aromatic heterocycles. The van der Waals surface area contributed by atoms with Gasteiger partial charge < -0.3 is 4.90 Å². The maximum absolute atomic E-state index is 12.2. The minimum atomic E-state index is -0.175. The second kappa shape index (κ2) is 12.7. The third-order valence-corrected chi connectivity index (χ3v) is 8.61. The first-order chi connectivity index (χ1) is 17.2. The van der Waals surface area contributed by atoms with Gasteiger partial charge in [-0.25, -0.2) is 5.43 Å². The molecule has 6 nitrogen and oxygen atoms in total. The smallest absolute Gasteiger partial charge is 0.250 e. The van der Waals surface area contributed by atoms with Crippen LogP contribution in [0, 0.1) is 0 Å². The highest BCUT2D eigenvalue weighted by atomic mass is 32.2. The number of anilines is 1. The van der Waals surface area contributed by atoms with Crippen LogP contribution >= 0.6 is 34.9 Å². The first-order valence-corrected chi connectivity index (χ1v) is 14.2. The minimum Gasteiger partial charge on any atom is -0.372 e. The number of rotatable bonds is 11. The highest BCUT2D eigenvalue weighted by molar-refractivity contribution is 8.03. The van der Waals surface area contributed by atoms with E-state index in [0.29, 0.717) is 0 Å². The van der Waals surface area contributed by atoms with E-state index >= 15 is 0 Å². The Balaban J connectivity index is 1.22. The van der Waals surface area contributed by atoms with Crippen LogP contribution in [0.1, 0.15) is 25.0 Å². The van der Waals surface area contributed by atoms with Crippen LogP contribution in [0.5, 0.6) is 0 Å². The summed E-state index contributed by atoms with van der Waals surface area (Å²) in [5, 5.41) is 15.1. The fraction of sp³-hybridized carbons (Fsp3) is 0.231. The molecule has 0 spiro atoms. The Morgan fingerprint density at radius 1 is 0.971 bits per heavy atom. The Hall–Kier alpha value is -2.88. The summed E-state index contributed by atoms with van der Waals surface area (Å²) >= 11 is 4.54. The molecule has 0 radical (unpaired) electrons. The van der Waals surface area contributed by atoms with Gasteiger partial charge in [0.25, 0.3) is 5.91 Å². The van der Waals surface area contributed by atoms with Crippen molar-refractivity contribution in [1.82, 2.24) is 15.6 Å². The van der Waals surface area contributed by atoms with Crippen LogP contribution in [-0.4, -0.2) is 41.2 Å². The van der Waals surface area contributed by atoms with Crippen molar-refractivity contribution in [3.63, 3.8) is 0 Å². The molecule has 35 heavy (non-hydrogen) atoms. The predicted octanol–water partition coefficient (Wildman–Crippen LogP) is 6.07. The van der Waals surface area contributed by atoms with Gasteiger partial charge in [-0.2, -0.15) is 5.10 Å². The molecule has 0 aliphatic carbocycles. The van der Waals surface area contributed by atoms with Crippen LogP contribution in [0.15, 0.2) is 80.5 Å². The number of hydrogen-bond acceptors (Lipinski definition) is 8. The van der Waals surface area contributed by atoms with Crippen LogP contribution in [-0.2, 0) is 10.5 Å². The summed E-state index contributed by atoms with van der Waals surface area (Å²) in [6, 6.07) is 22.9. The normalized spacial score (nSPS) is 11.3. The standard InChI is InChI=1S/C26H27N5OS3/c1-3-31(4-2)22-14-12-19(13-15-22)16-27-28-24(32)18-34-26-30-29-25(35-26)33-17-21-10-7-9-20-8-5-6-11-23(20)21/h5-16H,3-4,17-18H2,1-2H3,(H,28,32)/b27-16-. The highest BCUT2D eigenvalue weighted by Crippen LogP contribution is 2.32. The van der Waals surface area contributed by atoms with E-state index in [9.17, 15) is 4.79 Å². The van der Waals surface area contributed by atoms with E-state index in [1.165, 1.54) is 45.1 Å². The van der Waals surface area contributed by atoms with Crippen molar-refractivity contribution < 1.29 is 4.79 Å².